The zero-order chi connectivity index (χ0) is 21.3. The molecule has 158 valence electrons. The predicted octanol–water partition coefficient (Wildman–Crippen LogP) is 5.42. The third-order valence-electron chi connectivity index (χ3n) is 3.19. The summed E-state index contributed by atoms with van der Waals surface area (Å²) in [7, 11) is 2.77. The van der Waals surface area contributed by atoms with Crippen LogP contribution in [0.2, 0.25) is 10.0 Å². The van der Waals surface area contributed by atoms with Crippen LogP contribution in [0, 0.1) is 0 Å². The Morgan fingerprint density at radius 2 is 2.00 bits per heavy atom. The van der Waals surface area contributed by atoms with E-state index in [4.69, 9.17) is 32.8 Å². The number of nitrogens with one attached hydrogen (secondary N) is 2. The summed E-state index contributed by atoms with van der Waals surface area (Å²) in [5.41, 5.74) is -2.11. The molecule has 1 amide bonds. The fourth-order valence-electron chi connectivity index (χ4n) is 2.04. The quantitative estimate of drug-likeness (QED) is 0.208. The largest absolute Gasteiger partial charge is 0.413 e. The topological polar surface area (TPSA) is 89.0 Å². The number of nitrogens with zero attached hydrogens (tertiary/aromatic N) is 1. The normalized spacial score (nSPS) is 15.1. The Kier molecular flexibility index (Phi) is 11.1. The van der Waals surface area contributed by atoms with E-state index in [9.17, 15) is 9.36 Å². The highest BCUT2D eigenvalue weighted by Gasteiger charge is 2.33. The van der Waals surface area contributed by atoms with Crippen LogP contribution in [0.1, 0.15) is 19.4 Å². The first-order valence-electron chi connectivity index (χ1n) is 8.20. The van der Waals surface area contributed by atoms with Crippen molar-refractivity contribution < 1.29 is 18.9 Å². The monoisotopic (exact) mass is 487 g/mol. The maximum Gasteiger partial charge on any atom is 0.413 e. The number of oxime groups is 1. The number of alkyl carbamates (subject to hydrolysis) is 1. The number of amides is 1. The van der Waals surface area contributed by atoms with E-state index in [1.54, 1.807) is 24.5 Å². The molecule has 0 fully saturated rings. The number of hydrogen-bond acceptors (Lipinski definition) is 7. The Morgan fingerprint density at radius 1 is 1.32 bits per heavy atom. The molecule has 0 saturated carbocycles. The Balaban J connectivity index is 3.26. The summed E-state index contributed by atoms with van der Waals surface area (Å²) in [6.07, 6.45) is 1.39. The summed E-state index contributed by atoms with van der Waals surface area (Å²) in [6.45, 7) is 3.81. The minimum absolute atomic E-state index is 0.000850. The van der Waals surface area contributed by atoms with Crippen molar-refractivity contribution in [1.82, 2.24) is 10.4 Å². The second-order valence-corrected chi connectivity index (χ2v) is 14.5. The van der Waals surface area contributed by atoms with Crippen LogP contribution in [-0.4, -0.2) is 43.7 Å². The molecule has 0 aliphatic carbocycles. The molecule has 1 rings (SSSR count). The van der Waals surface area contributed by atoms with Gasteiger partial charge in [-0.3, -0.25) is 4.57 Å². The first-order valence-corrected chi connectivity index (χ1v) is 14.0. The minimum atomic E-state index is -2.92. The van der Waals surface area contributed by atoms with Crippen LogP contribution < -0.4 is 10.4 Å². The first-order chi connectivity index (χ1) is 13.1. The molecule has 0 heterocycles. The van der Waals surface area contributed by atoms with Crippen LogP contribution >= 0.6 is 51.7 Å². The van der Waals surface area contributed by atoms with Crippen LogP contribution in [0.4, 0.5) is 4.79 Å². The molecule has 7 nitrogen and oxygen atoms in total. The van der Waals surface area contributed by atoms with E-state index in [1.165, 1.54) is 25.5 Å². The van der Waals surface area contributed by atoms with Gasteiger partial charge in [-0.15, -0.1) is 0 Å². The molecule has 12 heteroatoms. The molecule has 0 aromatic heterocycles. The fourth-order valence-corrected chi connectivity index (χ4v) is 9.26. The molecule has 2 atom stereocenters. The van der Waals surface area contributed by atoms with Crippen molar-refractivity contribution in [2.45, 2.75) is 31.6 Å². The lowest BCUT2D eigenvalue weighted by Gasteiger charge is -2.24. The van der Waals surface area contributed by atoms with Crippen molar-refractivity contribution in [3.63, 3.8) is 0 Å². The average Bonchev–Trinajstić information content (AvgIpc) is 2.63. The second kappa shape index (κ2) is 12.2. The lowest BCUT2D eigenvalue weighted by atomic mass is 10.1. The third kappa shape index (κ3) is 8.43. The summed E-state index contributed by atoms with van der Waals surface area (Å²) in [4.78, 5) is 16.6. The zero-order valence-electron chi connectivity index (χ0n) is 16.2. The minimum Gasteiger partial charge on any atom is -0.396 e. The SMILES string of the molecule is CNC(=O)OC(=NOC)C(Cc1ccc(Cl)c(Cl)c1)SP(=O)(NC(C)C)SC. The van der Waals surface area contributed by atoms with Gasteiger partial charge in [-0.2, -0.15) is 0 Å². The maximum absolute atomic E-state index is 13.3. The molecule has 0 aliphatic rings. The molecular formula is C16H24Cl2N3O4PS2. The van der Waals surface area contributed by atoms with E-state index in [-0.39, 0.29) is 11.9 Å². The second-order valence-electron chi connectivity index (χ2n) is 5.76. The van der Waals surface area contributed by atoms with Crippen LogP contribution in [0.3, 0.4) is 0 Å². The van der Waals surface area contributed by atoms with Crippen molar-refractivity contribution in [3.05, 3.63) is 33.8 Å². The smallest absolute Gasteiger partial charge is 0.396 e. The van der Waals surface area contributed by atoms with E-state index in [1.807, 2.05) is 13.8 Å². The Bertz CT molecular complexity index is 753. The molecular weight excluding hydrogens is 464 g/mol. The Labute approximate surface area is 183 Å². The van der Waals surface area contributed by atoms with Gasteiger partial charge < -0.3 is 14.9 Å². The summed E-state index contributed by atoms with van der Waals surface area (Å²) >= 11 is 14.5. The lowest BCUT2D eigenvalue weighted by Crippen LogP contribution is -2.31. The molecule has 2 unspecified atom stereocenters. The number of ether oxygens (including phenoxy) is 1. The van der Waals surface area contributed by atoms with Gasteiger partial charge in [0.2, 0.25) is 5.90 Å². The molecule has 0 spiro atoms. The number of carbonyl (C=O) groups is 1. The van der Waals surface area contributed by atoms with Crippen molar-refractivity contribution in [2.24, 2.45) is 5.16 Å². The van der Waals surface area contributed by atoms with Gasteiger partial charge in [-0.25, -0.2) is 9.88 Å². The standard InChI is InChI=1S/C16H24Cl2N3O4PS2/c1-10(2)21-26(23,27-5)28-14(15(20-24-4)25-16(22)19-3)9-11-6-7-12(17)13(18)8-11/h6-8,10,14H,9H2,1-5H3,(H,19,22)(H,21,23). The fraction of sp³-hybridized carbons (Fsp3) is 0.500. The van der Waals surface area contributed by atoms with Crippen LogP contribution in [-0.2, 0) is 20.6 Å². The van der Waals surface area contributed by atoms with E-state index >= 15 is 0 Å². The summed E-state index contributed by atoms with van der Waals surface area (Å²) in [6, 6.07) is 5.18. The Morgan fingerprint density at radius 3 is 2.50 bits per heavy atom. The molecule has 28 heavy (non-hydrogen) atoms. The molecule has 0 bridgehead atoms. The Hall–Kier alpha value is -0.570. The molecule has 2 N–H and O–H groups in total. The van der Waals surface area contributed by atoms with Gasteiger partial charge in [0.15, 0.2) is 0 Å². The summed E-state index contributed by atoms with van der Waals surface area (Å²) in [5.74, 6) is -0.00208. The van der Waals surface area contributed by atoms with Crippen LogP contribution in [0.15, 0.2) is 23.4 Å². The van der Waals surface area contributed by atoms with Gasteiger partial charge in [0.1, 0.15) is 7.11 Å². The van der Waals surface area contributed by atoms with E-state index < -0.39 is 17.0 Å². The number of carbonyl (C=O) groups excluding carboxylic acids is 1. The number of rotatable bonds is 9. The average molecular weight is 488 g/mol. The van der Waals surface area contributed by atoms with Crippen molar-refractivity contribution in [3.8, 4) is 0 Å². The van der Waals surface area contributed by atoms with Crippen molar-refractivity contribution >= 4 is 63.7 Å². The van der Waals surface area contributed by atoms with E-state index in [0.717, 1.165) is 16.9 Å². The third-order valence-corrected chi connectivity index (χ3v) is 11.9. The molecule has 0 aliphatic heterocycles. The number of halogens is 2. The van der Waals surface area contributed by atoms with E-state index in [2.05, 4.69) is 15.6 Å². The molecule has 1 aromatic rings. The van der Waals surface area contributed by atoms with Gasteiger partial charge in [-0.1, -0.05) is 57.2 Å². The van der Waals surface area contributed by atoms with Gasteiger partial charge in [0.05, 0.1) is 15.3 Å². The highest BCUT2D eigenvalue weighted by atomic mass is 35.5. The molecule has 0 saturated heterocycles. The van der Waals surface area contributed by atoms with Gasteiger partial charge in [-0.05, 0) is 44.2 Å². The lowest BCUT2D eigenvalue weighted by molar-refractivity contribution is 0.179. The highest BCUT2D eigenvalue weighted by molar-refractivity contribution is 8.90. The number of benzene rings is 1. The predicted molar refractivity (Wildman–Crippen MR) is 121 cm³/mol. The number of hydrogen-bond donors (Lipinski definition) is 2. The van der Waals surface area contributed by atoms with Gasteiger partial charge in [0, 0.05) is 13.1 Å². The van der Waals surface area contributed by atoms with Crippen LogP contribution in [0.5, 0.6) is 0 Å². The van der Waals surface area contributed by atoms with Gasteiger partial charge in [0.25, 0.3) is 5.70 Å². The summed E-state index contributed by atoms with van der Waals surface area (Å²) in [5, 5.41) is 9.54. The van der Waals surface area contributed by atoms with Crippen LogP contribution in [0.25, 0.3) is 0 Å². The van der Waals surface area contributed by atoms with Crippen molar-refractivity contribution in [2.75, 3.05) is 20.4 Å². The van der Waals surface area contributed by atoms with Crippen molar-refractivity contribution in [1.29, 1.82) is 0 Å². The van der Waals surface area contributed by atoms with E-state index in [0.29, 0.717) is 16.5 Å². The van der Waals surface area contributed by atoms with Gasteiger partial charge >= 0.3 is 6.09 Å². The first kappa shape index (κ1) is 25.5. The maximum atomic E-state index is 13.3. The molecule has 1 aromatic carbocycles. The zero-order valence-corrected chi connectivity index (χ0v) is 20.2. The summed E-state index contributed by atoms with van der Waals surface area (Å²) < 4.78 is 18.6. The highest BCUT2D eigenvalue weighted by Crippen LogP contribution is 2.66. The molecule has 0 radical (unpaired) electrons.